The molecule has 7 nitrogen and oxygen atoms in total. The van der Waals surface area contributed by atoms with Crippen molar-refractivity contribution in [1.29, 1.82) is 0 Å². The van der Waals surface area contributed by atoms with Gasteiger partial charge in [0.1, 0.15) is 24.0 Å². The first kappa shape index (κ1) is 15.2. The van der Waals surface area contributed by atoms with Crippen LogP contribution >= 0.6 is 0 Å². The van der Waals surface area contributed by atoms with Crippen LogP contribution in [-0.2, 0) is 16.0 Å². The third-order valence-corrected chi connectivity index (χ3v) is 3.53. The Morgan fingerprint density at radius 3 is 2.57 bits per heavy atom. The van der Waals surface area contributed by atoms with Crippen molar-refractivity contribution in [3.8, 4) is 0 Å². The summed E-state index contributed by atoms with van der Waals surface area (Å²) in [5, 5.41) is 6.34. The standard InChI is InChI=1S/C14H21N5O2/c1-4-6-15-12-9(5-2)13(17-8-16-12)18-10-7-11(20)19(3)14(10)21/h8,10H,4-7H2,1-3H3,(H2,15,16,17,18). The summed E-state index contributed by atoms with van der Waals surface area (Å²) < 4.78 is 0. The van der Waals surface area contributed by atoms with E-state index in [-0.39, 0.29) is 18.2 Å². The second kappa shape index (κ2) is 6.51. The van der Waals surface area contributed by atoms with Crippen LogP contribution in [0, 0.1) is 0 Å². The minimum atomic E-state index is -0.540. The number of carbonyl (C=O) groups excluding carboxylic acids is 2. The number of hydrogen-bond donors (Lipinski definition) is 2. The Morgan fingerprint density at radius 1 is 1.29 bits per heavy atom. The van der Waals surface area contributed by atoms with E-state index in [9.17, 15) is 9.59 Å². The van der Waals surface area contributed by atoms with Crippen LogP contribution in [0.5, 0.6) is 0 Å². The molecule has 0 spiro atoms. The minimum Gasteiger partial charge on any atom is -0.370 e. The molecular formula is C14H21N5O2. The van der Waals surface area contributed by atoms with Gasteiger partial charge in [0.15, 0.2) is 0 Å². The first-order chi connectivity index (χ1) is 10.1. The van der Waals surface area contributed by atoms with E-state index >= 15 is 0 Å². The van der Waals surface area contributed by atoms with Crippen LogP contribution in [0.15, 0.2) is 6.33 Å². The normalized spacial score (nSPS) is 18.2. The molecule has 2 N–H and O–H groups in total. The van der Waals surface area contributed by atoms with Crippen LogP contribution in [0.3, 0.4) is 0 Å². The fourth-order valence-electron chi connectivity index (χ4n) is 2.30. The Bertz CT molecular complexity index is 546. The molecule has 1 fully saturated rings. The molecule has 1 saturated heterocycles. The Hall–Kier alpha value is -2.18. The second-order valence-electron chi connectivity index (χ2n) is 5.02. The van der Waals surface area contributed by atoms with Crippen LogP contribution < -0.4 is 10.6 Å². The number of carbonyl (C=O) groups is 2. The van der Waals surface area contributed by atoms with Gasteiger partial charge < -0.3 is 10.6 Å². The maximum Gasteiger partial charge on any atom is 0.251 e. The molecule has 1 aliphatic heterocycles. The minimum absolute atomic E-state index is 0.167. The molecule has 21 heavy (non-hydrogen) atoms. The molecule has 0 bridgehead atoms. The van der Waals surface area contributed by atoms with Crippen LogP contribution in [0.25, 0.3) is 0 Å². The molecule has 0 saturated carbocycles. The quantitative estimate of drug-likeness (QED) is 0.761. The molecule has 1 aromatic heterocycles. The number of aromatic nitrogens is 2. The summed E-state index contributed by atoms with van der Waals surface area (Å²) in [6, 6.07) is -0.540. The number of anilines is 2. The first-order valence-corrected chi connectivity index (χ1v) is 7.23. The van der Waals surface area contributed by atoms with E-state index in [0.29, 0.717) is 5.82 Å². The molecule has 2 heterocycles. The van der Waals surface area contributed by atoms with Crippen LogP contribution in [0.2, 0.25) is 0 Å². The van der Waals surface area contributed by atoms with E-state index in [4.69, 9.17) is 0 Å². The predicted molar refractivity (Wildman–Crippen MR) is 80.0 cm³/mol. The summed E-state index contributed by atoms with van der Waals surface area (Å²) in [6.45, 7) is 4.92. The lowest BCUT2D eigenvalue weighted by molar-refractivity contribution is -0.136. The zero-order valence-electron chi connectivity index (χ0n) is 12.6. The number of amides is 2. The molecule has 0 aliphatic carbocycles. The number of likely N-dealkylation sites (tertiary alicyclic amines) is 1. The Labute approximate surface area is 124 Å². The topological polar surface area (TPSA) is 87.2 Å². The van der Waals surface area contributed by atoms with Crippen molar-refractivity contribution < 1.29 is 9.59 Å². The van der Waals surface area contributed by atoms with E-state index in [2.05, 4.69) is 27.5 Å². The highest BCUT2D eigenvalue weighted by molar-refractivity contribution is 6.06. The van der Waals surface area contributed by atoms with Gasteiger partial charge >= 0.3 is 0 Å². The van der Waals surface area contributed by atoms with E-state index in [1.54, 1.807) is 0 Å². The summed E-state index contributed by atoms with van der Waals surface area (Å²) >= 11 is 0. The zero-order valence-corrected chi connectivity index (χ0v) is 12.6. The Balaban J connectivity index is 2.20. The zero-order chi connectivity index (χ0) is 15.4. The molecule has 1 atom stereocenters. The van der Waals surface area contributed by atoms with Crippen molar-refractivity contribution in [2.45, 2.75) is 39.2 Å². The van der Waals surface area contributed by atoms with Crippen LogP contribution in [0.1, 0.15) is 32.3 Å². The van der Waals surface area contributed by atoms with Crippen molar-refractivity contribution in [3.05, 3.63) is 11.9 Å². The van der Waals surface area contributed by atoms with Crippen molar-refractivity contribution >= 4 is 23.5 Å². The van der Waals surface area contributed by atoms with Gasteiger partial charge in [-0.05, 0) is 12.8 Å². The lowest BCUT2D eigenvalue weighted by Gasteiger charge is -2.16. The molecule has 114 valence electrons. The highest BCUT2D eigenvalue weighted by Crippen LogP contribution is 2.23. The molecule has 2 rings (SSSR count). The van der Waals surface area contributed by atoms with Gasteiger partial charge in [-0.25, -0.2) is 9.97 Å². The first-order valence-electron chi connectivity index (χ1n) is 7.23. The summed E-state index contributed by atoms with van der Waals surface area (Å²) in [5.74, 6) is 1.01. The monoisotopic (exact) mass is 291 g/mol. The second-order valence-corrected chi connectivity index (χ2v) is 5.02. The lowest BCUT2D eigenvalue weighted by Crippen LogP contribution is -2.32. The number of rotatable bonds is 6. The Morgan fingerprint density at radius 2 is 2.00 bits per heavy atom. The average Bonchev–Trinajstić information content (AvgIpc) is 2.72. The van der Waals surface area contributed by atoms with Crippen LogP contribution in [0.4, 0.5) is 11.6 Å². The largest absolute Gasteiger partial charge is 0.370 e. The fraction of sp³-hybridized carbons (Fsp3) is 0.571. The molecule has 1 unspecified atom stereocenters. The Kier molecular flexibility index (Phi) is 4.72. The highest BCUT2D eigenvalue weighted by atomic mass is 16.2. The number of hydrogen-bond acceptors (Lipinski definition) is 6. The maximum atomic E-state index is 12.0. The SMILES string of the molecule is CCCNc1ncnc(NC2CC(=O)N(C)C2=O)c1CC. The van der Waals surface area contributed by atoms with Gasteiger partial charge in [0.05, 0.1) is 6.42 Å². The summed E-state index contributed by atoms with van der Waals surface area (Å²) in [7, 11) is 1.50. The molecule has 0 aromatic carbocycles. The highest BCUT2D eigenvalue weighted by Gasteiger charge is 2.36. The summed E-state index contributed by atoms with van der Waals surface area (Å²) in [6.07, 6.45) is 3.36. The van der Waals surface area contributed by atoms with E-state index in [1.807, 2.05) is 6.92 Å². The number of nitrogens with one attached hydrogen (secondary N) is 2. The molecule has 2 amide bonds. The molecule has 7 heteroatoms. The lowest BCUT2D eigenvalue weighted by atomic mass is 10.2. The van der Waals surface area contributed by atoms with Crippen molar-refractivity contribution in [2.24, 2.45) is 0 Å². The molecule has 0 radical (unpaired) electrons. The van der Waals surface area contributed by atoms with Gasteiger partial charge in [-0.2, -0.15) is 0 Å². The van der Waals surface area contributed by atoms with Crippen molar-refractivity contribution in [1.82, 2.24) is 14.9 Å². The van der Waals surface area contributed by atoms with E-state index < -0.39 is 6.04 Å². The van der Waals surface area contributed by atoms with Gasteiger partial charge in [0.2, 0.25) is 5.91 Å². The van der Waals surface area contributed by atoms with E-state index in [1.165, 1.54) is 13.4 Å². The van der Waals surface area contributed by atoms with Crippen molar-refractivity contribution in [2.75, 3.05) is 24.2 Å². The van der Waals surface area contributed by atoms with Gasteiger partial charge in [-0.3, -0.25) is 14.5 Å². The van der Waals surface area contributed by atoms with Gasteiger partial charge in [0, 0.05) is 19.2 Å². The number of likely N-dealkylation sites (N-methyl/N-ethyl adjacent to an activating group) is 1. The predicted octanol–water partition coefficient (Wildman–Crippen LogP) is 1.03. The number of imide groups is 1. The summed E-state index contributed by atoms with van der Waals surface area (Å²) in [5.41, 5.74) is 0.931. The van der Waals surface area contributed by atoms with Gasteiger partial charge in [0.25, 0.3) is 5.91 Å². The van der Waals surface area contributed by atoms with Gasteiger partial charge in [-0.15, -0.1) is 0 Å². The fourth-order valence-corrected chi connectivity index (χ4v) is 2.30. The molecule has 1 aromatic rings. The van der Waals surface area contributed by atoms with Crippen molar-refractivity contribution in [3.63, 3.8) is 0 Å². The molecule has 1 aliphatic rings. The molecular weight excluding hydrogens is 270 g/mol. The van der Waals surface area contributed by atoms with Gasteiger partial charge in [-0.1, -0.05) is 13.8 Å². The average molecular weight is 291 g/mol. The van der Waals surface area contributed by atoms with E-state index in [0.717, 1.165) is 35.7 Å². The third kappa shape index (κ3) is 3.12. The third-order valence-electron chi connectivity index (χ3n) is 3.53. The number of nitrogens with zero attached hydrogens (tertiary/aromatic N) is 3. The summed E-state index contributed by atoms with van der Waals surface area (Å²) in [4.78, 5) is 33.2. The van der Waals surface area contributed by atoms with Crippen LogP contribution in [-0.4, -0.2) is 46.3 Å². The maximum absolute atomic E-state index is 12.0. The smallest absolute Gasteiger partial charge is 0.251 e.